The Kier molecular flexibility index (Phi) is 3.73. The van der Waals surface area contributed by atoms with Gasteiger partial charge in [0, 0.05) is 24.8 Å². The zero-order chi connectivity index (χ0) is 13.2. The monoisotopic (exact) mass is 246 g/mol. The van der Waals surface area contributed by atoms with E-state index in [9.17, 15) is 0 Å². The molecule has 2 rings (SSSR count). The fraction of sp³-hybridized carbons (Fsp3) is 0.467. The Bertz CT molecular complexity index is 523. The summed E-state index contributed by atoms with van der Waals surface area (Å²) >= 11 is 0. The van der Waals surface area contributed by atoms with Gasteiger partial charge in [-0.05, 0) is 37.8 Å². The number of rotatable bonds is 4. The van der Waals surface area contributed by atoms with Gasteiger partial charge in [0.2, 0.25) is 0 Å². The van der Waals surface area contributed by atoms with Gasteiger partial charge in [-0.1, -0.05) is 18.2 Å². The molecule has 3 nitrogen and oxygen atoms in total. The number of aliphatic hydroxyl groups is 1. The van der Waals surface area contributed by atoms with Gasteiger partial charge in [0.05, 0.1) is 12.1 Å². The predicted molar refractivity (Wildman–Crippen MR) is 75.6 cm³/mol. The minimum absolute atomic E-state index is 0.108. The fourth-order valence-electron chi connectivity index (χ4n) is 2.14. The molecule has 0 aliphatic carbocycles. The van der Waals surface area contributed by atoms with Crippen molar-refractivity contribution in [2.75, 3.05) is 6.61 Å². The van der Waals surface area contributed by atoms with E-state index in [1.54, 1.807) is 0 Å². The lowest BCUT2D eigenvalue weighted by Crippen LogP contribution is -2.35. The summed E-state index contributed by atoms with van der Waals surface area (Å²) in [6.45, 7) is 8.16. The van der Waals surface area contributed by atoms with Crippen LogP contribution in [0.25, 0.3) is 10.9 Å². The first-order valence-electron chi connectivity index (χ1n) is 6.44. The molecule has 0 aliphatic heterocycles. The van der Waals surface area contributed by atoms with Crippen molar-refractivity contribution in [3.8, 4) is 0 Å². The minimum Gasteiger partial charge on any atom is -0.395 e. The SMILES string of the molecule is CC(C)(C)NCc1cccc2ccn(CCO)c12. The van der Waals surface area contributed by atoms with Crippen molar-refractivity contribution in [1.82, 2.24) is 9.88 Å². The molecular formula is C15H22N2O. The highest BCUT2D eigenvalue weighted by atomic mass is 16.3. The second-order valence-electron chi connectivity index (χ2n) is 5.69. The van der Waals surface area contributed by atoms with Crippen LogP contribution in [0.3, 0.4) is 0 Å². The molecule has 0 saturated carbocycles. The van der Waals surface area contributed by atoms with Crippen LogP contribution in [0.15, 0.2) is 30.5 Å². The molecule has 2 N–H and O–H groups in total. The van der Waals surface area contributed by atoms with E-state index in [-0.39, 0.29) is 12.1 Å². The van der Waals surface area contributed by atoms with Gasteiger partial charge >= 0.3 is 0 Å². The summed E-state index contributed by atoms with van der Waals surface area (Å²) in [4.78, 5) is 0. The Morgan fingerprint density at radius 2 is 2.00 bits per heavy atom. The van der Waals surface area contributed by atoms with E-state index in [1.807, 2.05) is 6.20 Å². The lowest BCUT2D eigenvalue weighted by atomic mass is 10.1. The van der Waals surface area contributed by atoms with Crippen molar-refractivity contribution < 1.29 is 5.11 Å². The number of aliphatic hydroxyl groups excluding tert-OH is 1. The average Bonchev–Trinajstić information content (AvgIpc) is 2.70. The summed E-state index contributed by atoms with van der Waals surface area (Å²) in [5, 5.41) is 13.9. The number of benzene rings is 1. The van der Waals surface area contributed by atoms with Crippen LogP contribution < -0.4 is 5.32 Å². The molecule has 0 aliphatic rings. The first-order chi connectivity index (χ1) is 8.51. The average molecular weight is 246 g/mol. The third-order valence-electron chi connectivity index (χ3n) is 3.02. The first-order valence-corrected chi connectivity index (χ1v) is 6.44. The highest BCUT2D eigenvalue weighted by Crippen LogP contribution is 2.20. The van der Waals surface area contributed by atoms with Crippen LogP contribution in [-0.4, -0.2) is 21.8 Å². The topological polar surface area (TPSA) is 37.2 Å². The van der Waals surface area contributed by atoms with Gasteiger partial charge in [0.15, 0.2) is 0 Å². The molecule has 0 unspecified atom stereocenters. The molecule has 1 aromatic heterocycles. The quantitative estimate of drug-likeness (QED) is 0.870. The van der Waals surface area contributed by atoms with Crippen molar-refractivity contribution in [1.29, 1.82) is 0 Å². The first kappa shape index (κ1) is 13.1. The Hall–Kier alpha value is -1.32. The van der Waals surface area contributed by atoms with Crippen LogP contribution in [0.5, 0.6) is 0 Å². The highest BCUT2D eigenvalue weighted by molar-refractivity contribution is 5.83. The third kappa shape index (κ3) is 2.92. The van der Waals surface area contributed by atoms with E-state index in [4.69, 9.17) is 5.11 Å². The van der Waals surface area contributed by atoms with Crippen molar-refractivity contribution >= 4 is 10.9 Å². The summed E-state index contributed by atoms with van der Waals surface area (Å²) in [5.41, 5.74) is 2.61. The molecule has 0 saturated heterocycles. The van der Waals surface area contributed by atoms with Gasteiger partial charge in [0.25, 0.3) is 0 Å². The molecule has 0 amide bonds. The maximum atomic E-state index is 9.11. The Morgan fingerprint density at radius 1 is 1.22 bits per heavy atom. The van der Waals surface area contributed by atoms with Gasteiger partial charge in [-0.15, -0.1) is 0 Å². The van der Waals surface area contributed by atoms with Crippen LogP contribution in [0, 0.1) is 0 Å². The van der Waals surface area contributed by atoms with E-state index in [0.29, 0.717) is 6.54 Å². The third-order valence-corrected chi connectivity index (χ3v) is 3.02. The van der Waals surface area contributed by atoms with E-state index in [1.165, 1.54) is 16.5 Å². The molecule has 0 spiro atoms. The molecule has 0 atom stereocenters. The molecule has 2 aromatic rings. The van der Waals surface area contributed by atoms with Crippen LogP contribution in [0.2, 0.25) is 0 Å². The smallest absolute Gasteiger partial charge is 0.0610 e. The summed E-state index contributed by atoms with van der Waals surface area (Å²) in [5.74, 6) is 0. The zero-order valence-corrected chi connectivity index (χ0v) is 11.4. The van der Waals surface area contributed by atoms with Gasteiger partial charge in [0.1, 0.15) is 0 Å². The molecule has 0 bridgehead atoms. The summed E-state index contributed by atoms with van der Waals surface area (Å²) < 4.78 is 2.12. The molecule has 3 heteroatoms. The molecule has 18 heavy (non-hydrogen) atoms. The van der Waals surface area contributed by atoms with Crippen molar-refractivity contribution in [2.24, 2.45) is 0 Å². The predicted octanol–water partition coefficient (Wildman–Crippen LogP) is 2.52. The Morgan fingerprint density at radius 3 is 2.67 bits per heavy atom. The number of nitrogens with zero attached hydrogens (tertiary/aromatic N) is 1. The second kappa shape index (κ2) is 5.12. The van der Waals surface area contributed by atoms with Crippen molar-refractivity contribution in [2.45, 2.75) is 39.4 Å². The van der Waals surface area contributed by atoms with Crippen molar-refractivity contribution in [3.63, 3.8) is 0 Å². The summed E-state index contributed by atoms with van der Waals surface area (Å²) in [6.07, 6.45) is 2.04. The van der Waals surface area contributed by atoms with E-state index in [2.05, 4.69) is 54.9 Å². The van der Waals surface area contributed by atoms with Gasteiger partial charge < -0.3 is 15.0 Å². The van der Waals surface area contributed by atoms with Crippen LogP contribution in [0.4, 0.5) is 0 Å². The van der Waals surface area contributed by atoms with Crippen molar-refractivity contribution in [3.05, 3.63) is 36.0 Å². The Balaban J connectivity index is 2.34. The van der Waals surface area contributed by atoms with E-state index in [0.717, 1.165) is 6.54 Å². The lowest BCUT2D eigenvalue weighted by molar-refractivity contribution is 0.278. The zero-order valence-electron chi connectivity index (χ0n) is 11.4. The number of hydrogen-bond acceptors (Lipinski definition) is 2. The number of para-hydroxylation sites is 1. The summed E-state index contributed by atoms with van der Waals surface area (Å²) in [7, 11) is 0. The summed E-state index contributed by atoms with van der Waals surface area (Å²) in [6, 6.07) is 8.45. The second-order valence-corrected chi connectivity index (χ2v) is 5.69. The standard InChI is InChI=1S/C15H22N2O/c1-15(2,3)16-11-13-6-4-5-12-7-8-17(9-10-18)14(12)13/h4-8,16,18H,9-11H2,1-3H3. The van der Waals surface area contributed by atoms with E-state index < -0.39 is 0 Å². The van der Waals surface area contributed by atoms with Gasteiger partial charge in [-0.3, -0.25) is 0 Å². The fourth-order valence-corrected chi connectivity index (χ4v) is 2.14. The number of hydrogen-bond donors (Lipinski definition) is 2. The molecule has 0 fully saturated rings. The van der Waals surface area contributed by atoms with Crippen LogP contribution in [0.1, 0.15) is 26.3 Å². The highest BCUT2D eigenvalue weighted by Gasteiger charge is 2.11. The maximum absolute atomic E-state index is 9.11. The van der Waals surface area contributed by atoms with E-state index >= 15 is 0 Å². The largest absolute Gasteiger partial charge is 0.395 e. The van der Waals surface area contributed by atoms with Gasteiger partial charge in [-0.2, -0.15) is 0 Å². The minimum atomic E-state index is 0.108. The van der Waals surface area contributed by atoms with Crippen LogP contribution in [-0.2, 0) is 13.1 Å². The number of aromatic nitrogens is 1. The Labute approximate surface area is 108 Å². The van der Waals surface area contributed by atoms with Gasteiger partial charge in [-0.25, -0.2) is 0 Å². The molecule has 1 aromatic carbocycles. The maximum Gasteiger partial charge on any atom is 0.0610 e. The molecular weight excluding hydrogens is 224 g/mol. The number of fused-ring (bicyclic) bond motifs is 1. The molecule has 0 radical (unpaired) electrons. The lowest BCUT2D eigenvalue weighted by Gasteiger charge is -2.21. The number of nitrogens with one attached hydrogen (secondary N) is 1. The van der Waals surface area contributed by atoms with Crippen LogP contribution >= 0.6 is 0 Å². The molecule has 98 valence electrons. The molecule has 1 heterocycles. The normalized spacial score (nSPS) is 12.2.